The molecule has 2 saturated heterocycles. The molecule has 144 valence electrons. The fourth-order valence-electron chi connectivity index (χ4n) is 5.74. The molecule has 2 aliphatic heterocycles. The van der Waals surface area contributed by atoms with Gasteiger partial charge in [0.05, 0.1) is 18.9 Å². The van der Waals surface area contributed by atoms with Crippen molar-refractivity contribution >= 4 is 7.60 Å². The van der Waals surface area contributed by atoms with Crippen molar-refractivity contribution in [3.8, 4) is 5.75 Å². The van der Waals surface area contributed by atoms with Crippen LogP contribution in [0.3, 0.4) is 0 Å². The zero-order chi connectivity index (χ0) is 18.5. The zero-order valence-corrected chi connectivity index (χ0v) is 16.0. The number of fused-ring (bicyclic) bond motifs is 1. The minimum absolute atomic E-state index is 0.0205. The largest absolute Gasteiger partial charge is 0.497 e. The van der Waals surface area contributed by atoms with Crippen molar-refractivity contribution in [3.63, 3.8) is 0 Å². The molecule has 2 heterocycles. The van der Waals surface area contributed by atoms with Crippen LogP contribution in [0.25, 0.3) is 0 Å². The zero-order valence-electron chi connectivity index (χ0n) is 15.1. The van der Waals surface area contributed by atoms with Crippen LogP contribution in [0, 0.1) is 5.92 Å². The molecule has 1 spiro atoms. The van der Waals surface area contributed by atoms with Crippen LogP contribution in [-0.2, 0) is 11.0 Å². The topological polar surface area (TPSA) is 90.2 Å². The maximum absolute atomic E-state index is 12.0. The molecule has 1 aromatic carbocycles. The number of rotatable bonds is 4. The normalized spacial score (nSPS) is 37.4. The van der Waals surface area contributed by atoms with E-state index >= 15 is 0 Å². The summed E-state index contributed by atoms with van der Waals surface area (Å²) in [7, 11) is -2.56. The minimum atomic E-state index is -4.20. The highest BCUT2D eigenvalue weighted by atomic mass is 31.2. The van der Waals surface area contributed by atoms with Gasteiger partial charge in [-0.05, 0) is 62.8 Å². The number of aliphatic hydroxyl groups is 1. The van der Waals surface area contributed by atoms with Gasteiger partial charge in [0, 0.05) is 17.5 Å². The predicted molar refractivity (Wildman–Crippen MR) is 98.3 cm³/mol. The van der Waals surface area contributed by atoms with E-state index in [1.54, 1.807) is 7.11 Å². The second-order valence-corrected chi connectivity index (χ2v) is 10.0. The van der Waals surface area contributed by atoms with Crippen molar-refractivity contribution in [2.24, 2.45) is 5.92 Å². The first kappa shape index (κ1) is 18.5. The first-order valence-electron chi connectivity index (χ1n) is 9.47. The summed E-state index contributed by atoms with van der Waals surface area (Å²) < 4.78 is 17.2. The lowest BCUT2D eigenvalue weighted by molar-refractivity contribution is -0.107. The van der Waals surface area contributed by atoms with Crippen molar-refractivity contribution in [2.45, 2.75) is 61.9 Å². The minimum Gasteiger partial charge on any atom is -0.497 e. The Kier molecular flexibility index (Phi) is 4.69. The Morgan fingerprint density at radius 1 is 1.27 bits per heavy atom. The van der Waals surface area contributed by atoms with E-state index in [2.05, 4.69) is 4.90 Å². The van der Waals surface area contributed by atoms with E-state index in [1.807, 2.05) is 24.3 Å². The molecular weight excluding hydrogens is 353 g/mol. The van der Waals surface area contributed by atoms with Crippen LogP contribution < -0.4 is 4.74 Å². The molecule has 3 N–H and O–H groups in total. The van der Waals surface area contributed by atoms with Crippen molar-refractivity contribution < 1.29 is 24.2 Å². The van der Waals surface area contributed by atoms with Gasteiger partial charge in [-0.2, -0.15) is 0 Å². The molecule has 0 aromatic heterocycles. The molecule has 0 radical (unpaired) electrons. The average Bonchev–Trinajstić information content (AvgIpc) is 3.01. The molecule has 3 aliphatic rings. The van der Waals surface area contributed by atoms with Gasteiger partial charge >= 0.3 is 7.60 Å². The van der Waals surface area contributed by atoms with E-state index in [4.69, 9.17) is 4.74 Å². The fourth-order valence-corrected chi connectivity index (χ4v) is 6.99. The number of nitrogens with zero attached hydrogens (tertiary/aromatic N) is 1. The molecule has 2 bridgehead atoms. The van der Waals surface area contributed by atoms with Gasteiger partial charge in [-0.3, -0.25) is 9.46 Å². The summed E-state index contributed by atoms with van der Waals surface area (Å²) in [5, 5.41) is 11.1. The van der Waals surface area contributed by atoms with Gasteiger partial charge in [-0.15, -0.1) is 0 Å². The molecule has 0 amide bonds. The standard InChI is InChI=1S/C19H28NO5P/c1-25-14-5-3-13(4-6-14)11-16-18(21)15-12-19(8-2-10-20(16)19)9-7-17(15)26(22,23)24/h3-6,15-18,21H,2,7-12H2,1H3,(H2,22,23,24)/t15-,16+,17+,18+,19-/m1/s1. The van der Waals surface area contributed by atoms with E-state index in [0.29, 0.717) is 19.3 Å². The molecule has 3 fully saturated rings. The number of ether oxygens (including phenoxy) is 1. The number of piperidine rings is 1. The first-order chi connectivity index (χ1) is 12.3. The van der Waals surface area contributed by atoms with Crippen LogP contribution in [0.4, 0.5) is 0 Å². The monoisotopic (exact) mass is 381 g/mol. The van der Waals surface area contributed by atoms with Crippen molar-refractivity contribution in [2.75, 3.05) is 13.7 Å². The number of methoxy groups -OCH3 is 1. The van der Waals surface area contributed by atoms with Gasteiger partial charge in [-0.1, -0.05) is 12.1 Å². The number of hydrogen-bond acceptors (Lipinski definition) is 4. The SMILES string of the molecule is COc1ccc(C[C@H]2[C@@H](O)[C@@H]3C[C@@]4(CCCN24)CC[C@@H]3P(=O)(O)O)cc1. The van der Waals surface area contributed by atoms with Crippen LogP contribution in [0.5, 0.6) is 5.75 Å². The summed E-state index contributed by atoms with van der Waals surface area (Å²) in [6.45, 7) is 0.963. The Labute approximate surface area is 154 Å². The second kappa shape index (κ2) is 6.61. The Hall–Kier alpha value is -0.910. The third-order valence-corrected chi connectivity index (χ3v) is 8.44. The summed E-state index contributed by atoms with van der Waals surface area (Å²) in [6.07, 6.45) is 4.20. The van der Waals surface area contributed by atoms with Gasteiger partial charge in [0.25, 0.3) is 0 Å². The van der Waals surface area contributed by atoms with E-state index in [0.717, 1.165) is 37.1 Å². The van der Waals surface area contributed by atoms with E-state index < -0.39 is 19.4 Å². The summed E-state index contributed by atoms with van der Waals surface area (Å²) in [6, 6.07) is 7.78. The van der Waals surface area contributed by atoms with Crippen molar-refractivity contribution in [1.29, 1.82) is 0 Å². The summed E-state index contributed by atoms with van der Waals surface area (Å²) in [4.78, 5) is 22.1. The number of hydrogen-bond donors (Lipinski definition) is 3. The lowest BCUT2D eigenvalue weighted by atomic mass is 9.66. The maximum Gasteiger partial charge on any atom is 0.328 e. The summed E-state index contributed by atoms with van der Waals surface area (Å²) in [5.74, 6) is 0.483. The lowest BCUT2D eigenvalue weighted by Gasteiger charge is -2.57. The molecule has 4 rings (SSSR count). The van der Waals surface area contributed by atoms with Gasteiger partial charge < -0.3 is 19.6 Å². The summed E-state index contributed by atoms with van der Waals surface area (Å²) in [5.41, 5.74) is 0.432. The molecule has 0 unspecified atom stereocenters. The number of aliphatic hydroxyl groups excluding tert-OH is 1. The van der Waals surface area contributed by atoms with Gasteiger partial charge in [0.15, 0.2) is 0 Å². The second-order valence-electron chi connectivity index (χ2n) is 8.19. The molecule has 1 aromatic rings. The molecular formula is C19H28NO5P. The smallest absolute Gasteiger partial charge is 0.328 e. The van der Waals surface area contributed by atoms with Crippen LogP contribution in [0.1, 0.15) is 37.7 Å². The highest BCUT2D eigenvalue weighted by molar-refractivity contribution is 7.52. The third-order valence-electron chi connectivity index (χ3n) is 6.93. The van der Waals surface area contributed by atoms with Crippen molar-refractivity contribution in [3.05, 3.63) is 29.8 Å². The molecule has 5 atom stereocenters. The predicted octanol–water partition coefficient (Wildman–Crippen LogP) is 2.16. The Bertz CT molecular complexity index is 704. The molecule has 1 saturated carbocycles. The quantitative estimate of drug-likeness (QED) is 0.693. The molecule has 7 heteroatoms. The highest BCUT2D eigenvalue weighted by Gasteiger charge is 2.59. The van der Waals surface area contributed by atoms with Crippen LogP contribution in [0.15, 0.2) is 24.3 Å². The number of benzene rings is 1. The fraction of sp³-hybridized carbons (Fsp3) is 0.684. The average molecular weight is 381 g/mol. The summed E-state index contributed by atoms with van der Waals surface area (Å²) >= 11 is 0. The van der Waals surface area contributed by atoms with Crippen LogP contribution in [-0.4, -0.2) is 56.8 Å². The maximum atomic E-state index is 12.0. The van der Waals surface area contributed by atoms with E-state index in [1.165, 1.54) is 0 Å². The van der Waals surface area contributed by atoms with Gasteiger partial charge in [0.2, 0.25) is 0 Å². The molecule has 6 nitrogen and oxygen atoms in total. The van der Waals surface area contributed by atoms with Gasteiger partial charge in [0.1, 0.15) is 5.75 Å². The van der Waals surface area contributed by atoms with Crippen LogP contribution in [0.2, 0.25) is 0 Å². The van der Waals surface area contributed by atoms with E-state index in [-0.39, 0.29) is 17.5 Å². The van der Waals surface area contributed by atoms with Crippen LogP contribution >= 0.6 is 7.60 Å². The van der Waals surface area contributed by atoms with Gasteiger partial charge in [-0.25, -0.2) is 0 Å². The Morgan fingerprint density at radius 3 is 2.65 bits per heavy atom. The lowest BCUT2D eigenvalue weighted by Crippen LogP contribution is -2.66. The Balaban J connectivity index is 1.63. The first-order valence-corrected chi connectivity index (χ1v) is 11.2. The molecule has 1 aliphatic carbocycles. The highest BCUT2D eigenvalue weighted by Crippen LogP contribution is 2.59. The Morgan fingerprint density at radius 2 is 2.00 bits per heavy atom. The molecule has 26 heavy (non-hydrogen) atoms. The van der Waals surface area contributed by atoms with E-state index in [9.17, 15) is 19.5 Å². The third kappa shape index (κ3) is 3.02. The van der Waals surface area contributed by atoms with Crippen molar-refractivity contribution in [1.82, 2.24) is 4.90 Å².